The molecule has 5 aromatic rings. The average molecular weight is 835 g/mol. The van der Waals surface area contributed by atoms with Gasteiger partial charge in [-0.25, -0.2) is 19.6 Å². The van der Waals surface area contributed by atoms with Gasteiger partial charge in [0.25, 0.3) is 0 Å². The van der Waals surface area contributed by atoms with E-state index < -0.39 is 24.3 Å². The van der Waals surface area contributed by atoms with E-state index in [1.807, 2.05) is 40.7 Å². The monoisotopic (exact) mass is 834 g/mol. The van der Waals surface area contributed by atoms with Crippen molar-refractivity contribution in [2.75, 3.05) is 33.9 Å². The summed E-state index contributed by atoms with van der Waals surface area (Å²) in [5, 5.41) is 7.38. The topological polar surface area (TPSA) is 193 Å². The smallest absolute Gasteiger partial charge is 0.407 e. The first-order valence-electron chi connectivity index (χ1n) is 21.1. The molecule has 5 atom stereocenters. The lowest BCUT2D eigenvalue weighted by atomic mass is 9.92. The summed E-state index contributed by atoms with van der Waals surface area (Å²) in [5.74, 6) is 1.46. The number of ether oxygens (including phenoxy) is 4. The fourth-order valence-corrected chi connectivity index (χ4v) is 9.02. The van der Waals surface area contributed by atoms with Gasteiger partial charge in [0.05, 0.1) is 55.3 Å². The average Bonchev–Trinajstić information content (AvgIpc) is 4.09. The van der Waals surface area contributed by atoms with Gasteiger partial charge in [0, 0.05) is 37.1 Å². The van der Waals surface area contributed by atoms with Gasteiger partial charge in [0.1, 0.15) is 36.1 Å². The maximum atomic E-state index is 14.0. The Morgan fingerprint density at radius 1 is 0.869 bits per heavy atom. The van der Waals surface area contributed by atoms with Crippen molar-refractivity contribution >= 4 is 45.8 Å². The number of rotatable bonds is 11. The number of nitrogens with zero attached hydrogens (tertiary/aromatic N) is 4. The Hall–Kier alpha value is -6.16. The maximum Gasteiger partial charge on any atom is 0.407 e. The first-order chi connectivity index (χ1) is 29.4. The Bertz CT molecular complexity index is 2480. The number of carbonyl (C=O) groups is 4. The number of aromatic nitrogens is 4. The number of alkyl carbamates (subject to hydrolysis) is 2. The largest absolute Gasteiger partial charge is 0.488 e. The summed E-state index contributed by atoms with van der Waals surface area (Å²) in [6.45, 7) is 11.4. The fraction of sp³-hybridized carbons (Fsp3) is 0.467. The van der Waals surface area contributed by atoms with Crippen LogP contribution in [0.3, 0.4) is 0 Å². The molecule has 4 amide bonds. The summed E-state index contributed by atoms with van der Waals surface area (Å²) in [7, 11) is 2.57. The van der Waals surface area contributed by atoms with Crippen molar-refractivity contribution in [3.8, 4) is 28.1 Å². The molecule has 2 saturated heterocycles. The van der Waals surface area contributed by atoms with Crippen molar-refractivity contribution in [1.82, 2.24) is 40.4 Å². The van der Waals surface area contributed by atoms with Gasteiger partial charge >= 0.3 is 12.2 Å². The minimum Gasteiger partial charge on any atom is -0.488 e. The van der Waals surface area contributed by atoms with Gasteiger partial charge in [-0.3, -0.25) is 9.59 Å². The van der Waals surface area contributed by atoms with Gasteiger partial charge in [0.15, 0.2) is 0 Å². The number of methoxy groups -OCH3 is 2. The van der Waals surface area contributed by atoms with Crippen molar-refractivity contribution in [3.63, 3.8) is 0 Å². The Labute approximate surface area is 354 Å². The molecule has 3 aromatic carbocycles. The van der Waals surface area contributed by atoms with E-state index in [1.54, 1.807) is 16.0 Å². The van der Waals surface area contributed by atoms with Gasteiger partial charge in [-0.1, -0.05) is 45.9 Å². The number of hydrogen-bond acceptors (Lipinski definition) is 10. The third-order valence-electron chi connectivity index (χ3n) is 12.2. The van der Waals surface area contributed by atoms with Crippen LogP contribution in [0.4, 0.5) is 9.59 Å². The first-order valence-corrected chi connectivity index (χ1v) is 21.1. The summed E-state index contributed by atoms with van der Waals surface area (Å²) in [6, 6.07) is 12.4. The molecule has 0 saturated carbocycles. The molecule has 0 bridgehead atoms. The van der Waals surface area contributed by atoms with E-state index in [4.69, 9.17) is 28.9 Å². The molecule has 3 aliphatic heterocycles. The van der Waals surface area contributed by atoms with E-state index in [9.17, 15) is 19.2 Å². The van der Waals surface area contributed by atoms with Crippen molar-refractivity contribution in [1.29, 1.82) is 0 Å². The molecule has 61 heavy (non-hydrogen) atoms. The van der Waals surface area contributed by atoms with Gasteiger partial charge < -0.3 is 49.3 Å². The standard InChI is InChI=1S/C45H54N8O8/c1-8-60-28-18-35(53(21-28)43(55)38(24(4)5)51-45(57)59-7)41-47-32-14-12-25-17-31-29-13-11-26(16-27(29)22-61-36(31)19-30(25)39(32)49-41)33-20-46-40(48-33)34-10-9-15-52(34)42(54)37(23(2)3)50-44(56)58-6/h11-14,16-17,19-20,23-24,28,34-35,37-38H,8-10,15,18,21-22H2,1-7H3,(H,46,48)(H,47,49)(H,50,56)(H,51,57)/t28-,34-,35-,37?,38-/m0/s1. The molecule has 1 unspecified atom stereocenters. The van der Waals surface area contributed by atoms with Crippen molar-refractivity contribution < 1.29 is 38.1 Å². The Morgan fingerprint density at radius 3 is 2.28 bits per heavy atom. The molecule has 3 aliphatic rings. The second-order valence-electron chi connectivity index (χ2n) is 16.7. The van der Waals surface area contributed by atoms with Crippen LogP contribution in [-0.2, 0) is 30.4 Å². The number of fused-ring (bicyclic) bond motifs is 6. The van der Waals surface area contributed by atoms with Crippen LogP contribution in [0.5, 0.6) is 5.75 Å². The van der Waals surface area contributed by atoms with Gasteiger partial charge in [-0.2, -0.15) is 0 Å². The molecule has 8 rings (SSSR count). The van der Waals surface area contributed by atoms with E-state index in [0.717, 1.165) is 68.3 Å². The van der Waals surface area contributed by atoms with Crippen LogP contribution in [0.2, 0.25) is 0 Å². The summed E-state index contributed by atoms with van der Waals surface area (Å²) >= 11 is 0. The summed E-state index contributed by atoms with van der Waals surface area (Å²) in [5.41, 5.74) is 6.49. The SMILES string of the molecule is CCO[C@H]1C[C@@H](c2nc3ccc4cc5c(cc4c3[nH]2)OCc2cc(-c3cnc([C@@H]4CCCN4C(=O)C(NC(=O)OC)C(C)C)[nH]3)ccc2-5)N(C(=O)[C@@H](NC(=O)OC)C(C)C)C1. The minimum atomic E-state index is -0.776. The Morgan fingerprint density at radius 2 is 1.59 bits per heavy atom. The normalized spacial score (nSPS) is 19.5. The van der Waals surface area contributed by atoms with E-state index >= 15 is 0 Å². The Balaban J connectivity index is 1.05. The van der Waals surface area contributed by atoms with Gasteiger partial charge in [0.2, 0.25) is 11.8 Å². The molecule has 0 radical (unpaired) electrons. The van der Waals surface area contributed by atoms with Crippen LogP contribution < -0.4 is 15.4 Å². The third-order valence-corrected chi connectivity index (χ3v) is 12.2. The van der Waals surface area contributed by atoms with Crippen LogP contribution in [-0.4, -0.2) is 106 Å². The molecule has 5 heterocycles. The molecule has 322 valence electrons. The molecule has 2 aromatic heterocycles. The van der Waals surface area contributed by atoms with Gasteiger partial charge in [-0.05, 0) is 77.9 Å². The fourth-order valence-electron chi connectivity index (χ4n) is 9.02. The maximum absolute atomic E-state index is 14.0. The number of H-pyrrole nitrogens is 2. The third kappa shape index (κ3) is 7.96. The lowest BCUT2D eigenvalue weighted by Gasteiger charge is -2.30. The number of amides is 4. The summed E-state index contributed by atoms with van der Waals surface area (Å²) in [6.07, 6.45) is 2.49. The van der Waals surface area contributed by atoms with E-state index in [0.29, 0.717) is 44.4 Å². The van der Waals surface area contributed by atoms with Gasteiger partial charge in [-0.15, -0.1) is 0 Å². The zero-order valence-corrected chi connectivity index (χ0v) is 35.7. The van der Waals surface area contributed by atoms with Crippen molar-refractivity contribution in [3.05, 3.63) is 65.9 Å². The number of aromatic amines is 2. The number of nitrogens with one attached hydrogen (secondary N) is 4. The highest BCUT2D eigenvalue weighted by Crippen LogP contribution is 2.43. The number of likely N-dealkylation sites (tertiary alicyclic amines) is 2. The van der Waals surface area contributed by atoms with Crippen LogP contribution in [0.15, 0.2) is 48.7 Å². The predicted octanol–water partition coefficient (Wildman–Crippen LogP) is 6.77. The molecular formula is C45H54N8O8. The zero-order chi connectivity index (χ0) is 43.1. The van der Waals surface area contributed by atoms with E-state index in [-0.39, 0.29) is 41.8 Å². The second kappa shape index (κ2) is 17.1. The molecule has 0 aliphatic carbocycles. The predicted molar refractivity (Wildman–Crippen MR) is 227 cm³/mol. The van der Waals surface area contributed by atoms with Crippen molar-refractivity contribution in [2.24, 2.45) is 11.8 Å². The van der Waals surface area contributed by atoms with Crippen LogP contribution in [0.25, 0.3) is 44.2 Å². The molecule has 0 spiro atoms. The van der Waals surface area contributed by atoms with Crippen LogP contribution in [0.1, 0.15) is 83.2 Å². The lowest BCUT2D eigenvalue weighted by molar-refractivity contribution is -0.136. The number of carbonyl (C=O) groups excluding carboxylic acids is 4. The van der Waals surface area contributed by atoms with E-state index in [1.165, 1.54) is 14.2 Å². The molecule has 16 heteroatoms. The lowest BCUT2D eigenvalue weighted by Crippen LogP contribution is -2.51. The molecule has 4 N–H and O–H groups in total. The molecular weight excluding hydrogens is 781 g/mol. The number of benzene rings is 3. The van der Waals surface area contributed by atoms with E-state index in [2.05, 4.69) is 57.0 Å². The molecule has 2 fully saturated rings. The highest BCUT2D eigenvalue weighted by molar-refractivity contribution is 6.07. The highest BCUT2D eigenvalue weighted by atomic mass is 16.5. The van der Waals surface area contributed by atoms with Crippen LogP contribution >= 0.6 is 0 Å². The van der Waals surface area contributed by atoms with Crippen LogP contribution in [0, 0.1) is 11.8 Å². The Kier molecular flexibility index (Phi) is 11.6. The summed E-state index contributed by atoms with van der Waals surface area (Å²) in [4.78, 5) is 72.3. The second-order valence-corrected chi connectivity index (χ2v) is 16.7. The zero-order valence-electron chi connectivity index (χ0n) is 35.7. The first kappa shape index (κ1) is 41.6. The quantitative estimate of drug-likeness (QED) is 0.110. The van der Waals surface area contributed by atoms with Crippen molar-refractivity contribution in [2.45, 2.75) is 90.8 Å². The summed E-state index contributed by atoms with van der Waals surface area (Å²) < 4.78 is 22.0. The highest BCUT2D eigenvalue weighted by Gasteiger charge is 2.42. The number of hydrogen-bond donors (Lipinski definition) is 4. The molecule has 16 nitrogen and oxygen atoms in total. The number of imidazole rings is 2. The minimum absolute atomic E-state index is 0.121.